The van der Waals surface area contributed by atoms with Crippen LogP contribution in [0.4, 0.5) is 10.1 Å². The van der Waals surface area contributed by atoms with Crippen LogP contribution in [0.5, 0.6) is 0 Å². The quantitative estimate of drug-likeness (QED) is 0.134. The molecule has 1 N–H and O–H groups in total. The van der Waals surface area contributed by atoms with Gasteiger partial charge in [-0.3, -0.25) is 9.59 Å². The second-order valence-electron chi connectivity index (χ2n) is 12.2. The van der Waals surface area contributed by atoms with Crippen molar-refractivity contribution in [2.45, 2.75) is 84.8 Å². The number of anilines is 1. The Morgan fingerprint density at radius 3 is 2.02 bits per heavy atom. The first-order valence-electron chi connectivity index (χ1n) is 15.2. The van der Waals surface area contributed by atoms with Crippen LogP contribution in [-0.2, 0) is 16.1 Å². The van der Waals surface area contributed by atoms with Gasteiger partial charge < -0.3 is 14.6 Å². The number of aromatic nitrogens is 1. The van der Waals surface area contributed by atoms with Gasteiger partial charge in [-0.15, -0.1) is 0 Å². The van der Waals surface area contributed by atoms with Crippen LogP contribution < -0.4 is 5.32 Å². The van der Waals surface area contributed by atoms with E-state index in [-0.39, 0.29) is 23.6 Å². The average molecular weight is 583 g/mol. The van der Waals surface area contributed by atoms with Crippen LogP contribution in [0, 0.1) is 5.82 Å². The van der Waals surface area contributed by atoms with Crippen LogP contribution in [0.15, 0.2) is 84.9 Å². The van der Waals surface area contributed by atoms with Crippen LogP contribution in [-0.4, -0.2) is 22.0 Å². The van der Waals surface area contributed by atoms with Crippen molar-refractivity contribution in [1.82, 2.24) is 4.57 Å². The van der Waals surface area contributed by atoms with E-state index in [1.165, 1.54) is 12.1 Å². The molecule has 0 aliphatic rings. The lowest BCUT2D eigenvalue weighted by atomic mass is 9.94. The molecule has 0 unspecified atom stereocenters. The largest absolute Gasteiger partial charge is 0.460 e. The average Bonchev–Trinajstić information content (AvgIpc) is 3.31. The van der Waals surface area contributed by atoms with E-state index in [2.05, 4.69) is 23.7 Å². The molecule has 43 heavy (non-hydrogen) atoms. The number of nitrogens with one attached hydrogen (secondary N) is 1. The lowest BCUT2D eigenvalue weighted by Gasteiger charge is -2.19. The third kappa shape index (κ3) is 8.44. The van der Waals surface area contributed by atoms with Gasteiger partial charge in [-0.25, -0.2) is 4.39 Å². The minimum Gasteiger partial charge on any atom is -0.460 e. The number of benzene rings is 3. The number of carbonyl (C=O) groups is 2. The SMILES string of the molecule is CC(C)c1c(C(=O)Nc2ccccc2)c(-c2ccccc2)c(-c2ccc(F)cc2)n1CCCCCCC(=O)OC(C)(C)C. The summed E-state index contributed by atoms with van der Waals surface area (Å²) in [7, 11) is 0. The van der Waals surface area contributed by atoms with E-state index in [0.29, 0.717) is 18.5 Å². The summed E-state index contributed by atoms with van der Waals surface area (Å²) in [5, 5.41) is 3.12. The normalized spacial score (nSPS) is 11.5. The summed E-state index contributed by atoms with van der Waals surface area (Å²) in [5.41, 5.74) is 5.35. The third-order valence-electron chi connectivity index (χ3n) is 7.22. The maximum atomic E-state index is 14.1. The molecule has 226 valence electrons. The fourth-order valence-electron chi connectivity index (χ4n) is 5.49. The van der Waals surface area contributed by atoms with E-state index in [1.54, 1.807) is 12.1 Å². The number of amides is 1. The molecule has 6 heteroatoms. The smallest absolute Gasteiger partial charge is 0.306 e. The standard InChI is InChI=1S/C37H43FN2O3/c1-26(2)34-33(36(42)39-30-18-12-9-13-19-30)32(27-16-10-8-11-17-27)35(28-21-23-29(38)24-22-28)40(34)25-15-7-6-14-20-31(41)43-37(3,4)5/h8-13,16-19,21-24,26H,6-7,14-15,20,25H2,1-5H3,(H,39,42). The Hall–Kier alpha value is -4.19. The van der Waals surface area contributed by atoms with E-state index < -0.39 is 5.60 Å². The minimum atomic E-state index is -0.476. The van der Waals surface area contributed by atoms with Gasteiger partial charge in [0.15, 0.2) is 0 Å². The van der Waals surface area contributed by atoms with Crippen molar-refractivity contribution >= 4 is 17.6 Å². The topological polar surface area (TPSA) is 60.3 Å². The zero-order valence-electron chi connectivity index (χ0n) is 26.0. The van der Waals surface area contributed by atoms with Gasteiger partial charge in [0.1, 0.15) is 11.4 Å². The van der Waals surface area contributed by atoms with Gasteiger partial charge in [0, 0.05) is 29.9 Å². The van der Waals surface area contributed by atoms with Gasteiger partial charge in [-0.2, -0.15) is 0 Å². The Morgan fingerprint density at radius 2 is 1.42 bits per heavy atom. The lowest BCUT2D eigenvalue weighted by molar-refractivity contribution is -0.154. The number of unbranched alkanes of at least 4 members (excludes halogenated alkanes) is 3. The van der Waals surface area contributed by atoms with Crippen molar-refractivity contribution in [3.63, 3.8) is 0 Å². The Kier molecular flexibility index (Phi) is 10.6. The van der Waals surface area contributed by atoms with Crippen molar-refractivity contribution in [2.24, 2.45) is 0 Å². The predicted octanol–water partition coefficient (Wildman–Crippen LogP) is 9.63. The second-order valence-corrected chi connectivity index (χ2v) is 12.2. The number of hydrogen-bond donors (Lipinski definition) is 1. The molecule has 0 saturated carbocycles. The number of rotatable bonds is 12. The fraction of sp³-hybridized carbons (Fsp3) is 0.351. The molecule has 0 bridgehead atoms. The molecule has 1 amide bonds. The van der Waals surface area contributed by atoms with Crippen molar-refractivity contribution in [1.29, 1.82) is 0 Å². The van der Waals surface area contributed by atoms with Gasteiger partial charge in [-0.05, 0) is 87.1 Å². The van der Waals surface area contributed by atoms with Gasteiger partial charge in [0.05, 0.1) is 11.3 Å². The first-order valence-corrected chi connectivity index (χ1v) is 15.2. The zero-order valence-corrected chi connectivity index (χ0v) is 26.0. The Bertz CT molecular complexity index is 1500. The molecule has 0 spiro atoms. The molecule has 0 fully saturated rings. The first-order chi connectivity index (χ1) is 20.5. The Morgan fingerprint density at radius 1 is 0.814 bits per heavy atom. The number of halogens is 1. The minimum absolute atomic E-state index is 0.0420. The van der Waals surface area contributed by atoms with Gasteiger partial charge in [0.2, 0.25) is 0 Å². The lowest BCUT2D eigenvalue weighted by Crippen LogP contribution is -2.23. The fourth-order valence-corrected chi connectivity index (χ4v) is 5.49. The molecule has 0 saturated heterocycles. The molecule has 0 radical (unpaired) electrons. The number of nitrogens with zero attached hydrogens (tertiary/aromatic N) is 1. The number of esters is 1. The van der Waals surface area contributed by atoms with E-state index in [0.717, 1.165) is 59.4 Å². The summed E-state index contributed by atoms with van der Waals surface area (Å²) in [6.45, 7) is 10.5. The van der Waals surface area contributed by atoms with Crippen LogP contribution >= 0.6 is 0 Å². The molecule has 5 nitrogen and oxygen atoms in total. The van der Waals surface area contributed by atoms with E-state index in [1.807, 2.05) is 81.4 Å². The third-order valence-corrected chi connectivity index (χ3v) is 7.22. The summed E-state index contributed by atoms with van der Waals surface area (Å²) >= 11 is 0. The summed E-state index contributed by atoms with van der Waals surface area (Å²) in [6.07, 6.45) is 3.86. The number of carbonyl (C=O) groups excluding carboxylic acids is 2. The molecule has 0 aliphatic heterocycles. The summed E-state index contributed by atoms with van der Waals surface area (Å²) in [6, 6.07) is 25.9. The molecule has 0 atom stereocenters. The first kappa shape index (κ1) is 31.7. The zero-order chi connectivity index (χ0) is 31.0. The molecule has 1 aromatic heterocycles. The van der Waals surface area contributed by atoms with E-state index in [4.69, 9.17) is 4.74 Å². The van der Waals surface area contributed by atoms with Crippen molar-refractivity contribution < 1.29 is 18.7 Å². The van der Waals surface area contributed by atoms with E-state index >= 15 is 0 Å². The molecule has 0 aliphatic carbocycles. The van der Waals surface area contributed by atoms with Crippen molar-refractivity contribution in [3.05, 3.63) is 102 Å². The van der Waals surface area contributed by atoms with Crippen LogP contribution in [0.2, 0.25) is 0 Å². The highest BCUT2D eigenvalue weighted by molar-refractivity contribution is 6.12. The maximum Gasteiger partial charge on any atom is 0.306 e. The molecule has 4 rings (SSSR count). The summed E-state index contributed by atoms with van der Waals surface area (Å²) in [5.74, 6) is -0.604. The van der Waals surface area contributed by atoms with Gasteiger partial charge >= 0.3 is 5.97 Å². The van der Waals surface area contributed by atoms with Gasteiger partial charge in [-0.1, -0.05) is 75.2 Å². The van der Waals surface area contributed by atoms with Crippen molar-refractivity contribution in [2.75, 3.05) is 5.32 Å². The van der Waals surface area contributed by atoms with Crippen LogP contribution in [0.25, 0.3) is 22.4 Å². The second kappa shape index (κ2) is 14.3. The predicted molar refractivity (Wildman–Crippen MR) is 173 cm³/mol. The highest BCUT2D eigenvalue weighted by atomic mass is 19.1. The van der Waals surface area contributed by atoms with Crippen LogP contribution in [0.3, 0.4) is 0 Å². The number of ether oxygens (including phenoxy) is 1. The maximum absolute atomic E-state index is 14.1. The van der Waals surface area contributed by atoms with E-state index in [9.17, 15) is 14.0 Å². The molecule has 3 aromatic carbocycles. The summed E-state index contributed by atoms with van der Waals surface area (Å²) < 4.78 is 21.8. The molecular weight excluding hydrogens is 539 g/mol. The Labute approximate surface area is 255 Å². The molecule has 1 heterocycles. The highest BCUT2D eigenvalue weighted by Gasteiger charge is 2.30. The van der Waals surface area contributed by atoms with Gasteiger partial charge in [0.25, 0.3) is 5.91 Å². The highest BCUT2D eigenvalue weighted by Crippen LogP contribution is 2.42. The van der Waals surface area contributed by atoms with Crippen molar-refractivity contribution in [3.8, 4) is 22.4 Å². The number of para-hydroxylation sites is 1. The Balaban J connectivity index is 1.73. The van der Waals surface area contributed by atoms with Crippen LogP contribution in [0.1, 0.15) is 88.7 Å². The number of hydrogen-bond acceptors (Lipinski definition) is 3. The summed E-state index contributed by atoms with van der Waals surface area (Å²) in [4.78, 5) is 26.3. The monoisotopic (exact) mass is 582 g/mol. The molecule has 4 aromatic rings. The molecular formula is C37H43FN2O3.